The number of anilines is 1. The van der Waals surface area contributed by atoms with Gasteiger partial charge in [-0.15, -0.1) is 16.9 Å². The summed E-state index contributed by atoms with van der Waals surface area (Å²) in [5.41, 5.74) is 4.55. The van der Waals surface area contributed by atoms with Gasteiger partial charge in [0, 0.05) is 28.4 Å². The van der Waals surface area contributed by atoms with Crippen LogP contribution in [0, 0.1) is 6.92 Å². The lowest BCUT2D eigenvalue weighted by atomic mass is 9.86. The molecule has 2 aromatic carbocycles. The van der Waals surface area contributed by atoms with E-state index in [4.69, 9.17) is 0 Å². The molecule has 1 atom stereocenters. The molecular weight excluding hydrogens is 408 g/mol. The predicted octanol–water partition coefficient (Wildman–Crippen LogP) is 4.23. The molecule has 154 valence electrons. The number of amides is 1. The Balaban J connectivity index is 1.60. The number of hydrogen-bond donors (Lipinski definition) is 1. The molecule has 1 aliphatic rings. The summed E-state index contributed by atoms with van der Waals surface area (Å²) in [4.78, 5) is 18.4. The Kier molecular flexibility index (Phi) is 4.99. The molecule has 0 saturated carbocycles. The Morgan fingerprint density at radius 1 is 1.10 bits per heavy atom. The second kappa shape index (κ2) is 7.96. The van der Waals surface area contributed by atoms with Gasteiger partial charge in [-0.05, 0) is 30.9 Å². The third-order valence-corrected chi connectivity index (χ3v) is 6.17. The first-order valence-electron chi connectivity index (χ1n) is 9.93. The highest BCUT2D eigenvalue weighted by Gasteiger charge is 2.33. The number of aryl methyl sites for hydroxylation is 1. The van der Waals surface area contributed by atoms with E-state index in [2.05, 4.69) is 49.9 Å². The van der Waals surface area contributed by atoms with E-state index < -0.39 is 0 Å². The topological polar surface area (TPSA) is 85.6 Å². The molecule has 3 heterocycles. The number of benzene rings is 2. The lowest BCUT2D eigenvalue weighted by Crippen LogP contribution is -2.25. The fourth-order valence-electron chi connectivity index (χ4n) is 3.94. The van der Waals surface area contributed by atoms with E-state index in [0.717, 1.165) is 22.4 Å². The smallest absolute Gasteiger partial charge is 0.272 e. The first-order valence-corrected chi connectivity index (χ1v) is 11.2. The minimum atomic E-state index is -0.0707. The zero-order valence-electron chi connectivity index (χ0n) is 17.1. The molecule has 5 rings (SSSR count). The van der Waals surface area contributed by atoms with E-state index in [1.807, 2.05) is 43.5 Å². The van der Waals surface area contributed by atoms with Gasteiger partial charge in [-0.1, -0.05) is 42.5 Å². The Labute approximate surface area is 183 Å². The summed E-state index contributed by atoms with van der Waals surface area (Å²) in [6.45, 7) is 1.95. The molecule has 31 heavy (non-hydrogen) atoms. The van der Waals surface area contributed by atoms with E-state index in [0.29, 0.717) is 23.9 Å². The summed E-state index contributed by atoms with van der Waals surface area (Å²) in [5, 5.41) is 16.0. The van der Waals surface area contributed by atoms with Crippen LogP contribution in [0.1, 0.15) is 29.2 Å². The van der Waals surface area contributed by atoms with E-state index >= 15 is 0 Å². The van der Waals surface area contributed by atoms with Crippen molar-refractivity contribution in [2.45, 2.75) is 24.2 Å². The molecular formula is C23H20N6OS. The van der Waals surface area contributed by atoms with Crippen LogP contribution in [-0.4, -0.2) is 37.1 Å². The van der Waals surface area contributed by atoms with Crippen molar-refractivity contribution in [2.24, 2.45) is 0 Å². The van der Waals surface area contributed by atoms with Crippen molar-refractivity contribution in [3.8, 4) is 17.2 Å². The number of rotatable bonds is 4. The van der Waals surface area contributed by atoms with Crippen LogP contribution in [0.15, 0.2) is 65.7 Å². The van der Waals surface area contributed by atoms with Crippen LogP contribution in [0.3, 0.4) is 0 Å². The maximum atomic E-state index is 12.6. The third kappa shape index (κ3) is 3.59. The number of thioether (sulfide) groups is 1. The van der Waals surface area contributed by atoms with Crippen LogP contribution in [0.5, 0.6) is 0 Å². The standard InChI is InChI=1S/C23H20N6OS/c1-14-21-18(15-8-10-17(31-2)11-9-15)12-20(30)26-22(21)29(28-14)23-25-19(13-24-27-23)16-6-4-3-5-7-16/h3-11,13,18H,12H2,1-2H3,(H,26,30)/t18-/m0/s1. The number of nitrogens with one attached hydrogen (secondary N) is 1. The Hall–Kier alpha value is -3.52. The molecule has 0 radical (unpaired) electrons. The summed E-state index contributed by atoms with van der Waals surface area (Å²) < 4.78 is 1.59. The van der Waals surface area contributed by atoms with Crippen LogP contribution in [-0.2, 0) is 4.79 Å². The fourth-order valence-corrected chi connectivity index (χ4v) is 4.35. The van der Waals surface area contributed by atoms with Crippen molar-refractivity contribution < 1.29 is 4.79 Å². The second-order valence-corrected chi connectivity index (χ2v) is 8.22. The zero-order valence-corrected chi connectivity index (χ0v) is 17.9. The predicted molar refractivity (Wildman–Crippen MR) is 120 cm³/mol. The van der Waals surface area contributed by atoms with Gasteiger partial charge in [0.05, 0.1) is 17.6 Å². The third-order valence-electron chi connectivity index (χ3n) is 5.43. The minimum absolute atomic E-state index is 0.0558. The highest BCUT2D eigenvalue weighted by atomic mass is 32.2. The molecule has 0 unspecified atom stereocenters. The molecule has 8 heteroatoms. The van der Waals surface area contributed by atoms with E-state index in [1.165, 1.54) is 4.90 Å². The fraction of sp³-hybridized carbons (Fsp3) is 0.174. The summed E-state index contributed by atoms with van der Waals surface area (Å²) in [5.74, 6) is 0.808. The van der Waals surface area contributed by atoms with E-state index in [9.17, 15) is 4.79 Å². The number of aromatic nitrogens is 5. The first kappa shape index (κ1) is 19.4. The second-order valence-electron chi connectivity index (χ2n) is 7.35. The molecule has 1 N–H and O–H groups in total. The SMILES string of the molecule is CSc1ccc([C@@H]2CC(=O)Nc3c2c(C)nn3-c2nncc(-c3ccccc3)n2)cc1. The van der Waals surface area contributed by atoms with Gasteiger partial charge < -0.3 is 5.32 Å². The molecule has 0 aliphatic carbocycles. The molecule has 0 fully saturated rings. The van der Waals surface area contributed by atoms with Crippen molar-refractivity contribution in [1.82, 2.24) is 25.0 Å². The van der Waals surface area contributed by atoms with Crippen LogP contribution in [0.4, 0.5) is 5.82 Å². The van der Waals surface area contributed by atoms with Crippen molar-refractivity contribution in [1.29, 1.82) is 0 Å². The monoisotopic (exact) mass is 428 g/mol. The number of carbonyl (C=O) groups excluding carboxylic acids is 1. The lowest BCUT2D eigenvalue weighted by molar-refractivity contribution is -0.116. The summed E-state index contributed by atoms with van der Waals surface area (Å²) in [6, 6.07) is 18.1. The van der Waals surface area contributed by atoms with E-state index in [-0.39, 0.29) is 11.8 Å². The number of nitrogens with zero attached hydrogens (tertiary/aromatic N) is 5. The van der Waals surface area contributed by atoms with Crippen molar-refractivity contribution in [3.05, 3.63) is 77.6 Å². The Morgan fingerprint density at radius 2 is 1.87 bits per heavy atom. The van der Waals surface area contributed by atoms with Crippen molar-refractivity contribution in [3.63, 3.8) is 0 Å². The van der Waals surface area contributed by atoms with Crippen LogP contribution in [0.2, 0.25) is 0 Å². The first-order chi connectivity index (χ1) is 15.1. The van der Waals surface area contributed by atoms with Gasteiger partial charge in [-0.2, -0.15) is 14.9 Å². The molecule has 0 saturated heterocycles. The van der Waals surface area contributed by atoms with Gasteiger partial charge in [0.15, 0.2) is 0 Å². The average Bonchev–Trinajstić information content (AvgIpc) is 3.15. The summed E-state index contributed by atoms with van der Waals surface area (Å²) in [6.07, 6.45) is 4.05. The van der Waals surface area contributed by atoms with Crippen molar-refractivity contribution in [2.75, 3.05) is 11.6 Å². The highest BCUT2D eigenvalue weighted by Crippen LogP contribution is 2.40. The van der Waals surface area contributed by atoms with Gasteiger partial charge in [0.25, 0.3) is 5.95 Å². The molecule has 4 aromatic rings. The van der Waals surface area contributed by atoms with Crippen molar-refractivity contribution >= 4 is 23.5 Å². The minimum Gasteiger partial charge on any atom is -0.310 e. The molecule has 7 nitrogen and oxygen atoms in total. The Bertz CT molecular complexity index is 1250. The van der Waals surface area contributed by atoms with Crippen LogP contribution in [0.25, 0.3) is 17.2 Å². The maximum absolute atomic E-state index is 12.6. The number of carbonyl (C=O) groups is 1. The quantitative estimate of drug-likeness (QED) is 0.490. The average molecular weight is 429 g/mol. The normalized spacial score (nSPS) is 15.4. The Morgan fingerprint density at radius 3 is 2.61 bits per heavy atom. The van der Waals surface area contributed by atoms with E-state index in [1.54, 1.807) is 22.6 Å². The van der Waals surface area contributed by atoms with Gasteiger partial charge in [-0.3, -0.25) is 4.79 Å². The summed E-state index contributed by atoms with van der Waals surface area (Å²) >= 11 is 1.70. The number of hydrogen-bond acceptors (Lipinski definition) is 6. The zero-order chi connectivity index (χ0) is 21.4. The summed E-state index contributed by atoms with van der Waals surface area (Å²) in [7, 11) is 0. The molecule has 1 aliphatic heterocycles. The van der Waals surface area contributed by atoms with Crippen LogP contribution >= 0.6 is 11.8 Å². The molecule has 0 spiro atoms. The van der Waals surface area contributed by atoms with Crippen LogP contribution < -0.4 is 5.32 Å². The van der Waals surface area contributed by atoms with Gasteiger partial charge in [-0.25, -0.2) is 4.98 Å². The number of fused-ring (bicyclic) bond motifs is 1. The highest BCUT2D eigenvalue weighted by molar-refractivity contribution is 7.98. The van der Waals surface area contributed by atoms with Gasteiger partial charge in [0.2, 0.25) is 5.91 Å². The molecule has 0 bridgehead atoms. The van der Waals surface area contributed by atoms with Gasteiger partial charge >= 0.3 is 0 Å². The lowest BCUT2D eigenvalue weighted by Gasteiger charge is -2.24. The maximum Gasteiger partial charge on any atom is 0.272 e. The molecule has 1 amide bonds. The largest absolute Gasteiger partial charge is 0.310 e. The molecule has 2 aromatic heterocycles. The van der Waals surface area contributed by atoms with Gasteiger partial charge in [0.1, 0.15) is 5.82 Å².